The molecule has 6 rings (SSSR count). The normalized spacial score (nSPS) is 16.6. The molecule has 0 aromatic carbocycles. The Kier molecular flexibility index (Phi) is 6.12. The Morgan fingerprint density at radius 2 is 2.00 bits per heavy atom. The molecule has 12 nitrogen and oxygen atoms in total. The summed E-state index contributed by atoms with van der Waals surface area (Å²) in [6.07, 6.45) is 9.25. The first kappa shape index (κ1) is 24.2. The first-order valence-corrected chi connectivity index (χ1v) is 12.6. The summed E-state index contributed by atoms with van der Waals surface area (Å²) in [6, 6.07) is 5.36. The third kappa shape index (κ3) is 4.41. The van der Waals surface area contributed by atoms with E-state index in [0.717, 1.165) is 50.3 Å². The lowest BCUT2D eigenvalue weighted by Crippen LogP contribution is -2.59. The van der Waals surface area contributed by atoms with Gasteiger partial charge in [0.05, 0.1) is 41.9 Å². The van der Waals surface area contributed by atoms with Gasteiger partial charge in [-0.15, -0.1) is 10.2 Å². The molecule has 38 heavy (non-hydrogen) atoms. The molecular formula is C26H29N9O3. The molecule has 4 aromatic rings. The van der Waals surface area contributed by atoms with Crippen molar-refractivity contribution < 1.29 is 14.3 Å². The van der Waals surface area contributed by atoms with Gasteiger partial charge in [0.25, 0.3) is 11.8 Å². The smallest absolute Gasteiger partial charge is 0.294 e. The summed E-state index contributed by atoms with van der Waals surface area (Å²) in [5.41, 5.74) is 3.97. The topological polar surface area (TPSA) is 132 Å². The minimum absolute atomic E-state index is 0.131. The molecule has 12 heteroatoms. The fourth-order valence-electron chi connectivity index (χ4n) is 5.17. The van der Waals surface area contributed by atoms with Crippen LogP contribution in [0.2, 0.25) is 0 Å². The number of ether oxygens (including phenoxy) is 1. The van der Waals surface area contributed by atoms with Gasteiger partial charge in [0.1, 0.15) is 0 Å². The molecule has 1 spiro atoms. The summed E-state index contributed by atoms with van der Waals surface area (Å²) >= 11 is 0. The number of nitrogens with one attached hydrogen (secondary N) is 2. The van der Waals surface area contributed by atoms with Crippen molar-refractivity contribution in [2.75, 3.05) is 38.2 Å². The molecule has 0 aliphatic carbocycles. The minimum atomic E-state index is -0.448. The van der Waals surface area contributed by atoms with Gasteiger partial charge in [0, 0.05) is 44.3 Å². The fourth-order valence-corrected chi connectivity index (χ4v) is 5.17. The molecule has 4 aromatic heterocycles. The summed E-state index contributed by atoms with van der Waals surface area (Å²) in [6.45, 7) is 5.66. The first-order valence-electron chi connectivity index (χ1n) is 12.6. The molecule has 0 atom stereocenters. The molecule has 196 valence electrons. The van der Waals surface area contributed by atoms with Crippen molar-refractivity contribution >= 4 is 23.1 Å². The second kappa shape index (κ2) is 9.62. The minimum Gasteiger partial charge on any atom is -0.377 e. The molecule has 2 aliphatic rings. The SMILES string of the molecule is Cc1ncc(C(=O)NCCN2CCCC23COC3)cc1NC(=O)c1nnc2cc(-c3cnn(C)c3)ccn12. The van der Waals surface area contributed by atoms with Gasteiger partial charge in [-0.3, -0.25) is 28.6 Å². The van der Waals surface area contributed by atoms with Gasteiger partial charge < -0.3 is 15.4 Å². The van der Waals surface area contributed by atoms with E-state index in [4.69, 9.17) is 4.74 Å². The van der Waals surface area contributed by atoms with Crippen molar-refractivity contribution in [2.24, 2.45) is 7.05 Å². The number of amides is 2. The van der Waals surface area contributed by atoms with E-state index in [0.29, 0.717) is 29.1 Å². The number of rotatable bonds is 7. The van der Waals surface area contributed by atoms with E-state index < -0.39 is 5.91 Å². The zero-order valence-corrected chi connectivity index (χ0v) is 21.3. The number of carbonyl (C=O) groups excluding carboxylic acids is 2. The predicted molar refractivity (Wildman–Crippen MR) is 139 cm³/mol. The van der Waals surface area contributed by atoms with E-state index in [9.17, 15) is 9.59 Å². The molecule has 0 bridgehead atoms. The van der Waals surface area contributed by atoms with E-state index in [1.807, 2.05) is 25.4 Å². The van der Waals surface area contributed by atoms with E-state index in [2.05, 4.69) is 35.8 Å². The number of nitrogens with zero attached hydrogens (tertiary/aromatic N) is 7. The Morgan fingerprint density at radius 3 is 2.76 bits per heavy atom. The van der Waals surface area contributed by atoms with Crippen LogP contribution < -0.4 is 10.6 Å². The Balaban J connectivity index is 1.12. The fraction of sp³-hybridized carbons (Fsp3) is 0.385. The van der Waals surface area contributed by atoms with Crippen molar-refractivity contribution in [3.63, 3.8) is 0 Å². The second-order valence-corrected chi connectivity index (χ2v) is 9.94. The van der Waals surface area contributed by atoms with Gasteiger partial charge in [0.15, 0.2) is 5.65 Å². The number of aromatic nitrogens is 6. The number of fused-ring (bicyclic) bond motifs is 1. The van der Waals surface area contributed by atoms with Gasteiger partial charge in [0.2, 0.25) is 5.82 Å². The van der Waals surface area contributed by atoms with Crippen molar-refractivity contribution in [1.82, 2.24) is 39.6 Å². The summed E-state index contributed by atoms with van der Waals surface area (Å²) < 4.78 is 8.77. The van der Waals surface area contributed by atoms with E-state index >= 15 is 0 Å². The number of likely N-dealkylation sites (tertiary alicyclic amines) is 1. The lowest BCUT2D eigenvalue weighted by Gasteiger charge is -2.45. The number of anilines is 1. The van der Waals surface area contributed by atoms with Crippen LogP contribution in [0.4, 0.5) is 5.69 Å². The monoisotopic (exact) mass is 515 g/mol. The first-order chi connectivity index (χ1) is 18.4. The van der Waals surface area contributed by atoms with Gasteiger partial charge in [-0.05, 0) is 50.1 Å². The molecule has 0 unspecified atom stereocenters. The van der Waals surface area contributed by atoms with Crippen LogP contribution in [-0.4, -0.2) is 84.5 Å². The molecule has 2 amide bonds. The van der Waals surface area contributed by atoms with Crippen LogP contribution in [0.5, 0.6) is 0 Å². The molecule has 2 aliphatic heterocycles. The Labute approximate surface area is 219 Å². The maximum atomic E-state index is 13.1. The predicted octanol–water partition coefficient (Wildman–Crippen LogP) is 1.68. The molecule has 0 radical (unpaired) electrons. The van der Waals surface area contributed by atoms with E-state index in [1.54, 1.807) is 34.5 Å². The number of hydrogen-bond donors (Lipinski definition) is 2. The lowest BCUT2D eigenvalue weighted by molar-refractivity contribution is -0.122. The average molecular weight is 516 g/mol. The number of pyridine rings is 2. The van der Waals surface area contributed by atoms with Crippen LogP contribution >= 0.6 is 0 Å². The standard InChI is InChI=1S/C26H29N9O3/c1-17-21(10-19(12-28-17)24(36)27-6-9-34-7-3-5-26(34)15-38-16-26)30-25(37)23-32-31-22-11-18(4-8-35(22)23)20-13-29-33(2)14-20/h4,8,10-14H,3,5-7,9,15-16H2,1-2H3,(H,27,36)(H,30,37). The summed E-state index contributed by atoms with van der Waals surface area (Å²) in [5, 5.41) is 18.3. The van der Waals surface area contributed by atoms with Crippen LogP contribution in [-0.2, 0) is 11.8 Å². The Bertz CT molecular complexity index is 1520. The van der Waals surface area contributed by atoms with Crippen LogP contribution in [0.15, 0.2) is 43.0 Å². The third-order valence-corrected chi connectivity index (χ3v) is 7.40. The quantitative estimate of drug-likeness (QED) is 0.380. The largest absolute Gasteiger partial charge is 0.377 e. The highest BCUT2D eigenvalue weighted by molar-refractivity contribution is 6.03. The maximum absolute atomic E-state index is 13.1. The summed E-state index contributed by atoms with van der Waals surface area (Å²) in [5.74, 6) is -0.551. The lowest BCUT2D eigenvalue weighted by atomic mass is 9.94. The molecule has 0 saturated carbocycles. The molecule has 6 heterocycles. The van der Waals surface area contributed by atoms with Gasteiger partial charge in [-0.25, -0.2) is 0 Å². The summed E-state index contributed by atoms with van der Waals surface area (Å²) in [4.78, 5) is 32.7. The summed E-state index contributed by atoms with van der Waals surface area (Å²) in [7, 11) is 1.85. The highest BCUT2D eigenvalue weighted by atomic mass is 16.5. The zero-order valence-electron chi connectivity index (χ0n) is 21.3. The molecule has 2 fully saturated rings. The Hall–Kier alpha value is -4.16. The van der Waals surface area contributed by atoms with Crippen molar-refractivity contribution in [2.45, 2.75) is 25.3 Å². The van der Waals surface area contributed by atoms with Crippen LogP contribution in [0, 0.1) is 6.92 Å². The molecule has 2 saturated heterocycles. The Morgan fingerprint density at radius 1 is 1.13 bits per heavy atom. The number of carbonyl (C=O) groups is 2. The maximum Gasteiger partial charge on any atom is 0.294 e. The molecular weight excluding hydrogens is 486 g/mol. The average Bonchev–Trinajstić information content (AvgIpc) is 3.62. The van der Waals surface area contributed by atoms with Gasteiger partial charge in [-0.2, -0.15) is 5.10 Å². The van der Waals surface area contributed by atoms with Crippen LogP contribution in [0.1, 0.15) is 39.5 Å². The van der Waals surface area contributed by atoms with Gasteiger partial charge >= 0.3 is 0 Å². The highest BCUT2D eigenvalue weighted by Gasteiger charge is 2.46. The number of aryl methyl sites for hydroxylation is 2. The van der Waals surface area contributed by atoms with E-state index in [1.165, 1.54) is 6.20 Å². The number of hydrogen-bond acceptors (Lipinski definition) is 8. The molecule has 2 N–H and O–H groups in total. The van der Waals surface area contributed by atoms with Crippen molar-refractivity contribution in [3.8, 4) is 11.1 Å². The third-order valence-electron chi connectivity index (χ3n) is 7.40. The van der Waals surface area contributed by atoms with Crippen LogP contribution in [0.25, 0.3) is 16.8 Å². The highest BCUT2D eigenvalue weighted by Crippen LogP contribution is 2.35. The van der Waals surface area contributed by atoms with E-state index in [-0.39, 0.29) is 17.3 Å². The van der Waals surface area contributed by atoms with Crippen molar-refractivity contribution in [1.29, 1.82) is 0 Å². The second-order valence-electron chi connectivity index (χ2n) is 9.94. The van der Waals surface area contributed by atoms with Crippen LogP contribution in [0.3, 0.4) is 0 Å². The van der Waals surface area contributed by atoms with Gasteiger partial charge in [-0.1, -0.05) is 0 Å². The van der Waals surface area contributed by atoms with Crippen molar-refractivity contribution in [3.05, 3.63) is 60.1 Å². The zero-order chi connectivity index (χ0) is 26.3.